The summed E-state index contributed by atoms with van der Waals surface area (Å²) in [7, 11) is 0. The summed E-state index contributed by atoms with van der Waals surface area (Å²) in [5, 5.41) is 0. The summed E-state index contributed by atoms with van der Waals surface area (Å²) in [5.74, 6) is 1.53. The second-order valence-electron chi connectivity index (χ2n) is 16.5. The van der Waals surface area contributed by atoms with E-state index in [9.17, 15) is 0 Å². The van der Waals surface area contributed by atoms with Gasteiger partial charge in [0, 0.05) is 40.0 Å². The smallest absolute Gasteiger partial charge is 0.0462 e. The third-order valence-electron chi connectivity index (χ3n) is 12.4. The van der Waals surface area contributed by atoms with Crippen molar-refractivity contribution in [2.75, 3.05) is 9.80 Å². The second kappa shape index (κ2) is 14.5. The Morgan fingerprint density at radius 2 is 0.804 bits per heavy atom. The molecule has 0 bridgehead atoms. The van der Waals surface area contributed by atoms with Gasteiger partial charge in [-0.15, -0.1) is 0 Å². The van der Waals surface area contributed by atoms with Gasteiger partial charge in [0.2, 0.25) is 0 Å². The topological polar surface area (TPSA) is 6.48 Å². The average Bonchev–Trinajstić information content (AvgIpc) is 3.46. The molecule has 9 rings (SSSR count). The van der Waals surface area contributed by atoms with Crippen molar-refractivity contribution < 1.29 is 0 Å². The van der Waals surface area contributed by atoms with Crippen LogP contribution in [-0.2, 0) is 5.41 Å². The first kappa shape index (κ1) is 35.6. The van der Waals surface area contributed by atoms with Gasteiger partial charge in [0.05, 0.1) is 0 Å². The van der Waals surface area contributed by atoms with Crippen LogP contribution in [0.3, 0.4) is 0 Å². The zero-order chi connectivity index (χ0) is 38.4. The fourth-order valence-electron chi connectivity index (χ4n) is 9.24. The molecule has 0 aliphatic heterocycles. The van der Waals surface area contributed by atoms with Crippen LogP contribution >= 0.6 is 0 Å². The van der Waals surface area contributed by atoms with Crippen molar-refractivity contribution in [3.63, 3.8) is 0 Å². The zero-order valence-corrected chi connectivity index (χ0v) is 33.2. The third-order valence-corrected chi connectivity index (χ3v) is 12.4. The number of benzene rings is 7. The van der Waals surface area contributed by atoms with Gasteiger partial charge in [-0.05, 0) is 145 Å². The lowest BCUT2D eigenvalue weighted by Crippen LogP contribution is -2.27. The molecule has 2 heteroatoms. The van der Waals surface area contributed by atoms with Crippen LogP contribution in [0.5, 0.6) is 0 Å². The molecule has 0 saturated carbocycles. The molecule has 0 fully saturated rings. The highest BCUT2D eigenvalue weighted by Gasteiger charge is 2.46. The minimum Gasteiger partial charge on any atom is -0.311 e. The second-order valence-corrected chi connectivity index (χ2v) is 16.5. The third kappa shape index (κ3) is 6.64. The number of nitrogens with zero attached hydrogens (tertiary/aromatic N) is 2. The van der Waals surface area contributed by atoms with E-state index in [0.717, 1.165) is 40.5 Å². The van der Waals surface area contributed by atoms with Crippen molar-refractivity contribution in [1.82, 2.24) is 0 Å². The number of allylic oxidation sites excluding steroid dienone is 2. The van der Waals surface area contributed by atoms with Crippen LogP contribution in [0.2, 0.25) is 0 Å². The van der Waals surface area contributed by atoms with Gasteiger partial charge in [-0.25, -0.2) is 0 Å². The highest BCUT2D eigenvalue weighted by atomic mass is 15.1. The van der Waals surface area contributed by atoms with E-state index in [2.05, 4.69) is 226 Å². The van der Waals surface area contributed by atoms with Gasteiger partial charge >= 0.3 is 0 Å². The minimum atomic E-state index is 0.171. The molecule has 0 amide bonds. The maximum atomic E-state index is 2.52. The lowest BCUT2D eigenvalue weighted by Gasteiger charge is -2.34. The summed E-state index contributed by atoms with van der Waals surface area (Å²) in [6, 6.07) is 62.8. The molecular weight excluding hydrogens is 677 g/mol. The molecule has 3 unspecified atom stereocenters. The quantitative estimate of drug-likeness (QED) is 0.144. The van der Waals surface area contributed by atoms with Crippen LogP contribution < -0.4 is 9.80 Å². The van der Waals surface area contributed by atoms with Gasteiger partial charge in [-0.2, -0.15) is 0 Å². The van der Waals surface area contributed by atoms with Crippen molar-refractivity contribution in [2.45, 2.75) is 58.3 Å². The van der Waals surface area contributed by atoms with Gasteiger partial charge in [-0.3, -0.25) is 0 Å². The Kier molecular flexibility index (Phi) is 9.22. The van der Waals surface area contributed by atoms with Crippen molar-refractivity contribution in [2.24, 2.45) is 5.92 Å². The predicted molar refractivity (Wildman–Crippen MR) is 238 cm³/mol. The zero-order valence-electron chi connectivity index (χ0n) is 33.2. The van der Waals surface area contributed by atoms with Gasteiger partial charge in [0.1, 0.15) is 0 Å². The van der Waals surface area contributed by atoms with Crippen molar-refractivity contribution in [3.05, 3.63) is 215 Å². The highest BCUT2D eigenvalue weighted by molar-refractivity contribution is 5.81. The van der Waals surface area contributed by atoms with Crippen LogP contribution in [0.1, 0.15) is 65.5 Å². The molecule has 2 nitrogen and oxygen atoms in total. The van der Waals surface area contributed by atoms with Crippen LogP contribution in [0.25, 0.3) is 11.1 Å². The first-order valence-electron chi connectivity index (χ1n) is 20.1. The van der Waals surface area contributed by atoms with Crippen LogP contribution in [0.4, 0.5) is 34.1 Å². The van der Waals surface area contributed by atoms with E-state index in [-0.39, 0.29) is 5.41 Å². The van der Waals surface area contributed by atoms with Crippen molar-refractivity contribution >= 4 is 34.1 Å². The molecule has 0 N–H and O–H groups in total. The molecule has 0 heterocycles. The Morgan fingerprint density at radius 3 is 1.23 bits per heavy atom. The molecule has 7 aromatic rings. The number of hydrogen-bond donors (Lipinski definition) is 0. The first-order chi connectivity index (χ1) is 27.2. The molecule has 0 radical (unpaired) electrons. The Bertz CT molecular complexity index is 2430. The number of anilines is 6. The SMILES string of the molecule is Cc1ccc(N(c2ccc(C)cc2)c2ccc(-c3ccc(N(c4ccc(C)cc4)c4ccc(C5C=CC6C(C5)c5ccccc5C6(C)C)cc4)cc3)cc2)cc1. The molecule has 7 aromatic carbocycles. The van der Waals surface area contributed by atoms with Crippen LogP contribution in [0, 0.1) is 26.7 Å². The van der Waals surface area contributed by atoms with E-state index in [0.29, 0.717) is 17.8 Å². The van der Waals surface area contributed by atoms with E-state index in [4.69, 9.17) is 0 Å². The Morgan fingerprint density at radius 1 is 0.429 bits per heavy atom. The van der Waals surface area contributed by atoms with E-state index >= 15 is 0 Å². The molecule has 3 atom stereocenters. The highest BCUT2D eigenvalue weighted by Crippen LogP contribution is 2.56. The predicted octanol–water partition coefficient (Wildman–Crippen LogP) is 15.0. The lowest BCUT2D eigenvalue weighted by molar-refractivity contribution is 0.337. The van der Waals surface area contributed by atoms with Crippen LogP contribution in [-0.4, -0.2) is 0 Å². The van der Waals surface area contributed by atoms with Crippen LogP contribution in [0.15, 0.2) is 182 Å². The molecule has 0 aromatic heterocycles. The molecule has 2 aliphatic rings. The maximum Gasteiger partial charge on any atom is 0.0462 e. The normalized spacial score (nSPS) is 17.9. The number of hydrogen-bond acceptors (Lipinski definition) is 2. The standard InChI is InChI=1S/C54H50N2/c1-37-10-23-44(24-11-37)55(45-25-12-38(2)13-26-45)47-29-16-40(17-30-47)41-18-31-48(32-19-41)56(46-27-14-39(3)15-28-46)49-33-20-42(21-34-49)43-22-35-53-51(36-43)50-8-6-7-9-52(50)54(53,4)5/h6-35,43,51,53H,36H2,1-5H3. The van der Waals surface area contributed by atoms with Crippen molar-refractivity contribution in [3.8, 4) is 11.1 Å². The van der Waals surface area contributed by atoms with Crippen molar-refractivity contribution in [1.29, 1.82) is 0 Å². The number of rotatable bonds is 8. The monoisotopic (exact) mass is 726 g/mol. The fraction of sp³-hybridized carbons (Fsp3) is 0.185. The van der Waals surface area contributed by atoms with E-state index in [1.165, 1.54) is 38.9 Å². The Labute approximate surface area is 333 Å². The number of aryl methyl sites for hydroxylation is 3. The van der Waals surface area contributed by atoms with Gasteiger partial charge in [0.25, 0.3) is 0 Å². The Balaban J connectivity index is 0.985. The maximum absolute atomic E-state index is 2.52. The average molecular weight is 727 g/mol. The summed E-state index contributed by atoms with van der Waals surface area (Å²) in [4.78, 5) is 4.70. The molecule has 2 aliphatic carbocycles. The van der Waals surface area contributed by atoms with E-state index < -0.39 is 0 Å². The summed E-state index contributed by atoms with van der Waals surface area (Å²) in [5.41, 5.74) is 17.6. The largest absolute Gasteiger partial charge is 0.311 e. The molecule has 276 valence electrons. The minimum absolute atomic E-state index is 0.171. The molecule has 0 spiro atoms. The van der Waals surface area contributed by atoms with E-state index in [1.54, 1.807) is 5.56 Å². The lowest BCUT2D eigenvalue weighted by atomic mass is 9.70. The summed E-state index contributed by atoms with van der Waals surface area (Å²) in [6.07, 6.45) is 6.15. The van der Waals surface area contributed by atoms with Gasteiger partial charge in [-0.1, -0.05) is 140 Å². The fourth-order valence-corrected chi connectivity index (χ4v) is 9.24. The van der Waals surface area contributed by atoms with E-state index in [1.807, 2.05) is 0 Å². The van der Waals surface area contributed by atoms with Gasteiger partial charge in [0.15, 0.2) is 0 Å². The first-order valence-corrected chi connectivity index (χ1v) is 20.1. The molecule has 0 saturated heterocycles. The number of fused-ring (bicyclic) bond motifs is 3. The summed E-state index contributed by atoms with van der Waals surface area (Å²) in [6.45, 7) is 11.3. The van der Waals surface area contributed by atoms with Gasteiger partial charge < -0.3 is 9.80 Å². The Hall–Kier alpha value is -6.12. The molecule has 56 heavy (non-hydrogen) atoms. The molecular formula is C54H50N2. The summed E-state index contributed by atoms with van der Waals surface area (Å²) >= 11 is 0. The summed E-state index contributed by atoms with van der Waals surface area (Å²) < 4.78 is 0.